The molecule has 0 amide bonds. The maximum absolute atomic E-state index is 5.93. The molecule has 1 aromatic rings. The van der Waals surface area contributed by atoms with Crippen LogP contribution in [0.3, 0.4) is 0 Å². The maximum Gasteiger partial charge on any atom is 0.0925 e. The van der Waals surface area contributed by atoms with E-state index in [0.717, 1.165) is 21.9 Å². The standard InChI is InChI=1S/C13H18BrIO/c1-10(2)7-8-16-13(9-15)11-5-3-4-6-12(11)14/h3-6,10,13H,7-9H2,1-2H3. The number of benzene rings is 1. The lowest BCUT2D eigenvalue weighted by Crippen LogP contribution is -2.09. The zero-order chi connectivity index (χ0) is 12.0. The van der Waals surface area contributed by atoms with Crippen LogP contribution in [-0.4, -0.2) is 11.0 Å². The predicted molar refractivity (Wildman–Crippen MR) is 81.2 cm³/mol. The molecule has 0 fully saturated rings. The number of rotatable bonds is 6. The van der Waals surface area contributed by atoms with Gasteiger partial charge in [0.1, 0.15) is 0 Å². The lowest BCUT2D eigenvalue weighted by atomic mass is 10.1. The first-order valence-corrected chi connectivity index (χ1v) is 7.89. The third-order valence-corrected chi connectivity index (χ3v) is 3.93. The lowest BCUT2D eigenvalue weighted by molar-refractivity contribution is 0.0629. The molecule has 1 rings (SSSR count). The van der Waals surface area contributed by atoms with E-state index in [4.69, 9.17) is 4.74 Å². The molecule has 3 heteroatoms. The van der Waals surface area contributed by atoms with Crippen LogP contribution in [0.4, 0.5) is 0 Å². The fourth-order valence-electron chi connectivity index (χ4n) is 1.40. The molecule has 0 aromatic heterocycles. The average molecular weight is 397 g/mol. The van der Waals surface area contributed by atoms with Crippen molar-refractivity contribution in [1.29, 1.82) is 0 Å². The van der Waals surface area contributed by atoms with Gasteiger partial charge in [-0.1, -0.05) is 70.6 Å². The summed E-state index contributed by atoms with van der Waals surface area (Å²) in [5.74, 6) is 0.703. The zero-order valence-electron chi connectivity index (χ0n) is 9.75. The van der Waals surface area contributed by atoms with Crippen molar-refractivity contribution in [2.75, 3.05) is 11.0 Å². The van der Waals surface area contributed by atoms with E-state index in [0.29, 0.717) is 5.92 Å². The summed E-state index contributed by atoms with van der Waals surface area (Å²) < 4.78 is 8.06. The number of halogens is 2. The molecular formula is C13H18BrIO. The van der Waals surface area contributed by atoms with E-state index in [9.17, 15) is 0 Å². The summed E-state index contributed by atoms with van der Waals surface area (Å²) in [7, 11) is 0. The zero-order valence-corrected chi connectivity index (χ0v) is 13.5. The van der Waals surface area contributed by atoms with E-state index in [1.54, 1.807) is 0 Å². The Morgan fingerprint density at radius 2 is 2.00 bits per heavy atom. The van der Waals surface area contributed by atoms with E-state index in [-0.39, 0.29) is 6.10 Å². The first-order valence-electron chi connectivity index (χ1n) is 5.57. The van der Waals surface area contributed by atoms with Gasteiger partial charge in [-0.05, 0) is 24.0 Å². The molecule has 1 aromatic carbocycles. The molecule has 0 aliphatic heterocycles. The van der Waals surface area contributed by atoms with Crippen molar-refractivity contribution in [3.63, 3.8) is 0 Å². The fraction of sp³-hybridized carbons (Fsp3) is 0.538. The Bertz CT molecular complexity index is 315. The van der Waals surface area contributed by atoms with Gasteiger partial charge in [0.05, 0.1) is 6.10 Å². The minimum absolute atomic E-state index is 0.204. The molecule has 0 bridgehead atoms. The third kappa shape index (κ3) is 4.72. The molecule has 1 atom stereocenters. The number of alkyl halides is 1. The van der Waals surface area contributed by atoms with Gasteiger partial charge in [-0.3, -0.25) is 0 Å². The Balaban J connectivity index is 2.57. The molecule has 1 nitrogen and oxygen atoms in total. The van der Waals surface area contributed by atoms with Gasteiger partial charge in [-0.25, -0.2) is 0 Å². The highest BCUT2D eigenvalue weighted by molar-refractivity contribution is 14.1. The second-order valence-corrected chi connectivity index (χ2v) is 5.95. The van der Waals surface area contributed by atoms with Crippen LogP contribution in [0, 0.1) is 5.92 Å². The smallest absolute Gasteiger partial charge is 0.0925 e. The number of hydrogen-bond donors (Lipinski definition) is 0. The van der Waals surface area contributed by atoms with E-state index in [1.807, 2.05) is 6.07 Å². The summed E-state index contributed by atoms with van der Waals surface area (Å²) in [5, 5.41) is 0. The summed E-state index contributed by atoms with van der Waals surface area (Å²) in [6.07, 6.45) is 1.33. The normalized spacial score (nSPS) is 13.1. The van der Waals surface area contributed by atoms with Crippen LogP contribution in [0.25, 0.3) is 0 Å². The average Bonchev–Trinajstić information content (AvgIpc) is 2.25. The molecule has 0 aliphatic carbocycles. The van der Waals surface area contributed by atoms with Crippen molar-refractivity contribution in [2.45, 2.75) is 26.4 Å². The predicted octanol–water partition coefficient (Wildman–Crippen LogP) is 4.99. The topological polar surface area (TPSA) is 9.23 Å². The Morgan fingerprint density at radius 3 is 2.56 bits per heavy atom. The summed E-state index contributed by atoms with van der Waals surface area (Å²) in [5.41, 5.74) is 1.25. The number of hydrogen-bond acceptors (Lipinski definition) is 1. The quantitative estimate of drug-likeness (QED) is 0.486. The van der Waals surface area contributed by atoms with Crippen LogP contribution >= 0.6 is 38.5 Å². The van der Waals surface area contributed by atoms with Crippen molar-refractivity contribution in [3.8, 4) is 0 Å². The molecule has 90 valence electrons. The largest absolute Gasteiger partial charge is 0.373 e. The molecule has 1 unspecified atom stereocenters. The summed E-state index contributed by atoms with van der Waals surface area (Å²) >= 11 is 5.96. The Labute approximate surface area is 120 Å². The minimum Gasteiger partial charge on any atom is -0.373 e. The van der Waals surface area contributed by atoms with Crippen molar-refractivity contribution < 1.29 is 4.74 Å². The van der Waals surface area contributed by atoms with Crippen LogP contribution < -0.4 is 0 Å². The summed E-state index contributed by atoms with van der Waals surface area (Å²) in [6, 6.07) is 8.29. The van der Waals surface area contributed by atoms with Gasteiger partial charge in [0.25, 0.3) is 0 Å². The van der Waals surface area contributed by atoms with E-state index >= 15 is 0 Å². The van der Waals surface area contributed by atoms with Gasteiger partial charge in [0.15, 0.2) is 0 Å². The summed E-state index contributed by atoms with van der Waals surface area (Å²) in [4.78, 5) is 0. The molecular weight excluding hydrogens is 379 g/mol. The van der Waals surface area contributed by atoms with Gasteiger partial charge in [-0.15, -0.1) is 0 Å². The minimum atomic E-state index is 0.204. The highest BCUT2D eigenvalue weighted by atomic mass is 127. The van der Waals surface area contributed by atoms with Crippen LogP contribution in [-0.2, 0) is 4.74 Å². The van der Waals surface area contributed by atoms with Gasteiger partial charge in [0.2, 0.25) is 0 Å². The maximum atomic E-state index is 5.93. The summed E-state index contributed by atoms with van der Waals surface area (Å²) in [6.45, 7) is 5.29. The van der Waals surface area contributed by atoms with Gasteiger partial charge < -0.3 is 4.74 Å². The van der Waals surface area contributed by atoms with Gasteiger partial charge in [-0.2, -0.15) is 0 Å². The molecule has 16 heavy (non-hydrogen) atoms. The molecule has 0 radical (unpaired) electrons. The second kappa shape index (κ2) is 7.67. The molecule has 0 aliphatic rings. The monoisotopic (exact) mass is 396 g/mol. The van der Waals surface area contributed by atoms with Crippen LogP contribution in [0.5, 0.6) is 0 Å². The first kappa shape index (κ1) is 14.5. The Kier molecular flexibility index (Phi) is 6.92. The lowest BCUT2D eigenvalue weighted by Gasteiger charge is -2.18. The van der Waals surface area contributed by atoms with Crippen LogP contribution in [0.15, 0.2) is 28.7 Å². The van der Waals surface area contributed by atoms with Crippen molar-refractivity contribution in [1.82, 2.24) is 0 Å². The van der Waals surface area contributed by atoms with Gasteiger partial charge >= 0.3 is 0 Å². The third-order valence-electron chi connectivity index (χ3n) is 2.41. The number of ether oxygens (including phenoxy) is 1. The van der Waals surface area contributed by atoms with Crippen molar-refractivity contribution in [3.05, 3.63) is 34.3 Å². The van der Waals surface area contributed by atoms with Crippen LogP contribution in [0.2, 0.25) is 0 Å². The second-order valence-electron chi connectivity index (χ2n) is 4.22. The highest BCUT2D eigenvalue weighted by Gasteiger charge is 2.13. The molecule has 0 N–H and O–H groups in total. The van der Waals surface area contributed by atoms with E-state index < -0.39 is 0 Å². The molecule has 0 saturated heterocycles. The van der Waals surface area contributed by atoms with Crippen LogP contribution in [0.1, 0.15) is 31.9 Å². The Hall–Kier alpha value is 0.390. The van der Waals surface area contributed by atoms with E-state index in [2.05, 4.69) is 70.6 Å². The first-order chi connectivity index (χ1) is 7.65. The molecule has 0 saturated carbocycles. The fourth-order valence-corrected chi connectivity index (χ4v) is 2.67. The highest BCUT2D eigenvalue weighted by Crippen LogP contribution is 2.27. The molecule has 0 heterocycles. The molecule has 0 spiro atoms. The SMILES string of the molecule is CC(C)CCOC(CI)c1ccccc1Br. The van der Waals surface area contributed by atoms with E-state index in [1.165, 1.54) is 5.56 Å². The van der Waals surface area contributed by atoms with Crippen molar-refractivity contribution in [2.24, 2.45) is 5.92 Å². The van der Waals surface area contributed by atoms with Gasteiger partial charge in [0, 0.05) is 15.5 Å². The Morgan fingerprint density at radius 1 is 1.31 bits per heavy atom. The van der Waals surface area contributed by atoms with Crippen molar-refractivity contribution >= 4 is 38.5 Å².